The molecule has 8 aromatic carbocycles. The van der Waals surface area contributed by atoms with Crippen LogP contribution in [0.2, 0.25) is 0 Å². The van der Waals surface area contributed by atoms with Gasteiger partial charge < -0.3 is 13.7 Å². The Kier molecular flexibility index (Phi) is 2.47. The third-order valence-electron chi connectivity index (χ3n) is 8.43. The molecule has 0 atom stereocenters. The molecule has 0 aliphatic carbocycles. The average Bonchev–Trinajstić information content (AvgIpc) is 4.18. The molecule has 0 saturated carbocycles. The van der Waals surface area contributed by atoms with Gasteiger partial charge in [0.05, 0.1) is 74.2 Å². The van der Waals surface area contributed by atoms with Gasteiger partial charge in [-0.05, 0) is 71.6 Å². The van der Waals surface area contributed by atoms with Crippen molar-refractivity contribution in [3.8, 4) is 28.2 Å². The van der Waals surface area contributed by atoms with Crippen LogP contribution in [0.15, 0.2) is 187 Å². The highest BCUT2D eigenvalue weighted by molar-refractivity contribution is 6.13. The van der Waals surface area contributed by atoms with Gasteiger partial charge in [0.2, 0.25) is 0 Å². The lowest BCUT2D eigenvalue weighted by atomic mass is 10.1. The van der Waals surface area contributed by atoms with Crippen LogP contribution < -0.4 is 0 Å². The highest BCUT2D eigenvalue weighted by atomic mass is 15.0. The zero-order valence-electron chi connectivity index (χ0n) is 55.4. The topological polar surface area (TPSA) is 14.8 Å². The van der Waals surface area contributed by atoms with Gasteiger partial charge in [0, 0.05) is 49.4 Å². The van der Waals surface area contributed by atoms with Crippen LogP contribution in [-0.2, 0) is 0 Å². The summed E-state index contributed by atoms with van der Waals surface area (Å²) < 4.78 is 274. The third-order valence-corrected chi connectivity index (χ3v) is 8.43. The Bertz CT molecular complexity index is 4820. The van der Waals surface area contributed by atoms with Crippen LogP contribution in [0.25, 0.3) is 93.6 Å². The van der Waals surface area contributed by atoms with E-state index in [0.29, 0.717) is 4.57 Å². The first-order valence-corrected chi connectivity index (χ1v) is 15.1. The fourth-order valence-electron chi connectivity index (χ4n) is 6.31. The summed E-state index contributed by atoms with van der Waals surface area (Å²) in [6.07, 6.45) is 0. The number of hydrogen-bond acceptors (Lipinski definition) is 0. The Labute approximate surface area is 336 Å². The fourth-order valence-corrected chi connectivity index (χ4v) is 6.31. The van der Waals surface area contributed by atoms with E-state index >= 15 is 0 Å². The third kappa shape index (κ3) is 4.12. The quantitative estimate of drug-likeness (QED) is 0.176. The zero-order chi connectivity index (χ0) is 59.6. The Hall–Kier alpha value is -6.84. The van der Waals surface area contributed by atoms with Gasteiger partial charge in [-0.15, -0.1) is 0 Å². The van der Waals surface area contributed by atoms with Crippen molar-refractivity contribution in [2.75, 3.05) is 0 Å². The van der Waals surface area contributed by atoms with Crippen molar-refractivity contribution in [3.63, 3.8) is 0 Å². The Morgan fingerprint density at radius 3 is 1.20 bits per heavy atom. The molecule has 3 nitrogen and oxygen atoms in total. The molecule has 11 rings (SSSR count). The molecule has 0 amide bonds. The van der Waals surface area contributed by atoms with E-state index in [1.807, 2.05) is 0 Å². The summed E-state index contributed by atoms with van der Waals surface area (Å²) in [4.78, 5) is 0. The van der Waals surface area contributed by atoms with E-state index in [9.17, 15) is 17.8 Å². The van der Waals surface area contributed by atoms with Crippen molar-refractivity contribution < 1.29 is 41.1 Å². The minimum Gasteiger partial charge on any atom is -0.309 e. The smallest absolute Gasteiger partial charge is 0.0667 e. The zero-order valence-corrected chi connectivity index (χ0v) is 25.4. The fraction of sp³-hybridized carbons (Fsp3) is 0. The summed E-state index contributed by atoms with van der Waals surface area (Å²) >= 11 is 0. The van der Waals surface area contributed by atoms with Gasteiger partial charge in [0.1, 0.15) is 0 Å². The maximum atomic E-state index is 10.2. The van der Waals surface area contributed by atoms with Crippen LogP contribution >= 0.6 is 0 Å². The van der Waals surface area contributed by atoms with Crippen LogP contribution in [-0.4, -0.2) is 13.7 Å². The number of hydrogen-bond donors (Lipinski definition) is 0. The van der Waals surface area contributed by atoms with E-state index < -0.39 is 264 Å². The van der Waals surface area contributed by atoms with Gasteiger partial charge in [0.15, 0.2) is 0 Å². The normalized spacial score (nSPS) is 20.2. The minimum absolute atomic E-state index is 0.338. The van der Waals surface area contributed by atoms with Crippen molar-refractivity contribution in [1.82, 2.24) is 13.7 Å². The van der Waals surface area contributed by atoms with Crippen LogP contribution in [0.3, 0.4) is 0 Å². The molecule has 0 spiro atoms. The Balaban J connectivity index is 1.40. The van der Waals surface area contributed by atoms with Crippen LogP contribution in [0.4, 0.5) is 0 Å². The van der Waals surface area contributed by atoms with Crippen LogP contribution in [0.1, 0.15) is 41.1 Å². The number of benzene rings is 8. The van der Waals surface area contributed by atoms with Gasteiger partial charge in [-0.2, -0.15) is 0 Å². The highest BCUT2D eigenvalue weighted by Gasteiger charge is 2.18. The van der Waals surface area contributed by atoms with Gasteiger partial charge >= 0.3 is 0 Å². The van der Waals surface area contributed by atoms with Gasteiger partial charge in [-0.1, -0.05) is 127 Å². The summed E-state index contributed by atoms with van der Waals surface area (Å²) in [6.45, 7) is 0. The maximum Gasteiger partial charge on any atom is 0.0667 e. The van der Waals surface area contributed by atoms with E-state index in [-0.39, 0.29) is 10.9 Å². The summed E-state index contributed by atoms with van der Waals surface area (Å²) in [5, 5.41) is -3.18. The SMILES string of the molecule is [2H]c1cc2c(c([2H])c1[2H])c1c([2H])c([2H])c([2H])c([2H])c1n2-c1c([2H])c([2H])c2c3c([2H])c([2H])c([2H])c([2H])c3n(-c3c([2H])c([2H])c4c5c([2H])c([2H])c([2H])c([2H])c5n(-c5c([2H])c([2H])c(-c6c([2H])c([2H])c([2H])c([2H])c6[2H])c([2H])c5[2H])c4c3[2H])c2c1[2H]. The van der Waals surface area contributed by atoms with Crippen LogP contribution in [0.5, 0.6) is 0 Å². The highest BCUT2D eigenvalue weighted by Crippen LogP contribution is 2.39. The molecule has 0 unspecified atom stereocenters. The first-order valence-electron chi connectivity index (χ1n) is 30.1. The molecule has 0 radical (unpaired) electrons. The van der Waals surface area contributed by atoms with E-state index in [0.717, 1.165) is 15.2 Å². The van der Waals surface area contributed by atoms with Gasteiger partial charge in [-0.3, -0.25) is 0 Å². The summed E-state index contributed by atoms with van der Waals surface area (Å²) in [5.41, 5.74) is -7.86. The molecule has 0 aliphatic heterocycles. The summed E-state index contributed by atoms with van der Waals surface area (Å²) in [7, 11) is 0. The first-order chi connectivity index (χ1) is 37.8. The molecule has 0 fully saturated rings. The summed E-state index contributed by atoms with van der Waals surface area (Å²) in [5.74, 6) is 0. The Morgan fingerprint density at radius 2 is 0.647 bits per heavy atom. The first kappa shape index (κ1) is 11.6. The second-order valence-electron chi connectivity index (χ2n) is 11.1. The molecule has 3 heterocycles. The van der Waals surface area contributed by atoms with E-state index in [4.69, 9.17) is 23.3 Å². The molecule has 0 bridgehead atoms. The molecular formula is C48H31N3. The van der Waals surface area contributed by atoms with Gasteiger partial charge in [-0.25, -0.2) is 0 Å². The average molecular weight is 680 g/mol. The van der Waals surface area contributed by atoms with Crippen LogP contribution in [0, 0.1) is 0 Å². The van der Waals surface area contributed by atoms with Crippen molar-refractivity contribution in [1.29, 1.82) is 0 Å². The Morgan fingerprint density at radius 1 is 0.275 bits per heavy atom. The predicted octanol–water partition coefficient (Wildman–Crippen LogP) is 12.6. The lowest BCUT2D eigenvalue weighted by Crippen LogP contribution is -1.98. The van der Waals surface area contributed by atoms with E-state index in [2.05, 4.69) is 0 Å². The van der Waals surface area contributed by atoms with Gasteiger partial charge in [0.25, 0.3) is 0 Å². The second kappa shape index (κ2) is 10.8. The maximum absolute atomic E-state index is 10.2. The minimum atomic E-state index is -1.09. The van der Waals surface area contributed by atoms with Crippen molar-refractivity contribution in [2.45, 2.75) is 0 Å². The molecule has 0 N–H and O–H groups in total. The van der Waals surface area contributed by atoms with Crippen molar-refractivity contribution >= 4 is 65.4 Å². The standard InChI is InChI=1S/C48H31N3/c1-2-12-32(13-3-1)33-22-24-34(25-23-33)49-43-18-8-6-16-39(43)41-29-27-36(31-47(41)49)51-46-21-11-7-17-40(46)42-28-26-35(30-48(42)51)50-44-19-9-4-14-37(44)38-15-5-10-20-45(38)50/h1-31H/i1D,2D,3D,4D,5D,6D,7D,8D,9D,10D,11D,12D,13D,14D,15D,16D,17D,18D,19D,21D,22D,23D,24D,25D,26D,27D,28D,29D,30D,31D. The molecule has 3 aromatic heterocycles. The lowest BCUT2D eigenvalue weighted by Gasteiger charge is -2.13. The number of aromatic nitrogens is 3. The lowest BCUT2D eigenvalue weighted by molar-refractivity contribution is 1.14. The molecular weight excluding hydrogens is 619 g/mol. The number of para-hydroxylation sites is 4. The number of nitrogens with zero attached hydrogens (tertiary/aromatic N) is 3. The summed E-state index contributed by atoms with van der Waals surface area (Å²) in [6, 6.07) is -26.3. The molecule has 0 saturated heterocycles. The molecule has 3 heteroatoms. The molecule has 0 aliphatic rings. The van der Waals surface area contributed by atoms with E-state index in [1.165, 1.54) is 0 Å². The van der Waals surface area contributed by atoms with Crippen molar-refractivity contribution in [3.05, 3.63) is 187 Å². The number of rotatable bonds is 4. The second-order valence-corrected chi connectivity index (χ2v) is 11.1. The predicted molar refractivity (Wildman–Crippen MR) is 215 cm³/mol. The molecule has 51 heavy (non-hydrogen) atoms. The monoisotopic (exact) mass is 679 g/mol. The largest absolute Gasteiger partial charge is 0.309 e. The molecule has 238 valence electrons. The molecule has 11 aromatic rings. The van der Waals surface area contributed by atoms with E-state index in [1.54, 1.807) is 0 Å². The van der Waals surface area contributed by atoms with Crippen molar-refractivity contribution in [2.24, 2.45) is 0 Å². The number of fused-ring (bicyclic) bond motifs is 9.